The molecule has 0 spiro atoms. The number of halogens is 1. The van der Waals surface area contributed by atoms with E-state index in [9.17, 15) is 4.39 Å². The van der Waals surface area contributed by atoms with Crippen molar-refractivity contribution in [3.8, 4) is 0 Å². The fourth-order valence-corrected chi connectivity index (χ4v) is 3.08. The minimum atomic E-state index is -0.113. The Labute approximate surface area is 120 Å². The van der Waals surface area contributed by atoms with Crippen molar-refractivity contribution in [1.82, 2.24) is 0 Å². The largest absolute Gasteiger partial charge is 0.207 e. The molecule has 0 amide bonds. The molecule has 1 aliphatic rings. The van der Waals surface area contributed by atoms with E-state index in [2.05, 4.69) is 36.4 Å². The highest BCUT2D eigenvalue weighted by Gasteiger charge is 2.20. The SMILES string of the molecule is C/C=C/c1ccc(C2CCc3cc(F)ccc3C2)cc1. The van der Waals surface area contributed by atoms with Gasteiger partial charge in [-0.15, -0.1) is 0 Å². The molecule has 0 aliphatic heterocycles. The third-order valence-corrected chi connectivity index (χ3v) is 4.16. The summed E-state index contributed by atoms with van der Waals surface area (Å²) >= 11 is 0. The van der Waals surface area contributed by atoms with Gasteiger partial charge in [-0.3, -0.25) is 0 Å². The Hall–Kier alpha value is -1.89. The van der Waals surface area contributed by atoms with Crippen LogP contribution in [0, 0.1) is 5.82 Å². The summed E-state index contributed by atoms with van der Waals surface area (Å²) < 4.78 is 13.2. The van der Waals surface area contributed by atoms with Gasteiger partial charge < -0.3 is 0 Å². The molecule has 20 heavy (non-hydrogen) atoms. The Morgan fingerprint density at radius 1 is 1.05 bits per heavy atom. The molecule has 102 valence electrons. The molecule has 1 atom stereocenters. The Morgan fingerprint density at radius 3 is 2.60 bits per heavy atom. The summed E-state index contributed by atoms with van der Waals surface area (Å²) in [5.41, 5.74) is 5.13. The molecule has 0 nitrogen and oxygen atoms in total. The summed E-state index contributed by atoms with van der Waals surface area (Å²) in [5, 5.41) is 0. The summed E-state index contributed by atoms with van der Waals surface area (Å²) in [6, 6.07) is 14.0. The molecule has 0 fully saturated rings. The quantitative estimate of drug-likeness (QED) is 0.706. The summed E-state index contributed by atoms with van der Waals surface area (Å²) in [6.07, 6.45) is 7.29. The van der Waals surface area contributed by atoms with Crippen molar-refractivity contribution in [2.24, 2.45) is 0 Å². The molecule has 1 aliphatic carbocycles. The summed E-state index contributed by atoms with van der Waals surface area (Å²) in [6.45, 7) is 2.03. The average Bonchev–Trinajstić information content (AvgIpc) is 2.48. The number of fused-ring (bicyclic) bond motifs is 1. The minimum absolute atomic E-state index is 0.113. The van der Waals surface area contributed by atoms with Crippen LogP contribution in [0.2, 0.25) is 0 Å². The van der Waals surface area contributed by atoms with Crippen molar-refractivity contribution in [1.29, 1.82) is 0 Å². The fraction of sp³-hybridized carbons (Fsp3) is 0.263. The number of rotatable bonds is 2. The van der Waals surface area contributed by atoms with Crippen molar-refractivity contribution in [3.05, 3.63) is 76.6 Å². The first-order valence-electron chi connectivity index (χ1n) is 7.26. The van der Waals surface area contributed by atoms with E-state index in [-0.39, 0.29) is 5.82 Å². The van der Waals surface area contributed by atoms with Gasteiger partial charge in [0.1, 0.15) is 5.82 Å². The molecule has 3 rings (SSSR count). The number of hydrogen-bond acceptors (Lipinski definition) is 0. The first-order valence-corrected chi connectivity index (χ1v) is 7.26. The van der Waals surface area contributed by atoms with E-state index in [1.165, 1.54) is 22.3 Å². The van der Waals surface area contributed by atoms with Crippen molar-refractivity contribution in [2.75, 3.05) is 0 Å². The second kappa shape index (κ2) is 5.62. The van der Waals surface area contributed by atoms with Crippen LogP contribution in [0.1, 0.15) is 41.5 Å². The van der Waals surface area contributed by atoms with Gasteiger partial charge in [-0.05, 0) is 66.5 Å². The third-order valence-electron chi connectivity index (χ3n) is 4.16. The number of allylic oxidation sites excluding steroid dienone is 1. The Bertz CT molecular complexity index is 623. The van der Waals surface area contributed by atoms with Gasteiger partial charge >= 0.3 is 0 Å². The zero-order valence-corrected chi connectivity index (χ0v) is 11.8. The lowest BCUT2D eigenvalue weighted by atomic mass is 9.80. The van der Waals surface area contributed by atoms with Gasteiger partial charge in [-0.25, -0.2) is 4.39 Å². The van der Waals surface area contributed by atoms with Gasteiger partial charge in [-0.1, -0.05) is 42.5 Å². The molecule has 0 saturated heterocycles. The summed E-state index contributed by atoms with van der Waals surface area (Å²) in [4.78, 5) is 0. The van der Waals surface area contributed by atoms with Crippen molar-refractivity contribution >= 4 is 6.08 Å². The van der Waals surface area contributed by atoms with Crippen LogP contribution in [0.3, 0.4) is 0 Å². The molecule has 0 bridgehead atoms. The van der Waals surface area contributed by atoms with Crippen LogP contribution in [-0.4, -0.2) is 0 Å². The molecule has 2 aromatic rings. The topological polar surface area (TPSA) is 0 Å². The zero-order chi connectivity index (χ0) is 13.9. The molecule has 0 aromatic heterocycles. The number of benzene rings is 2. The monoisotopic (exact) mass is 266 g/mol. The van der Waals surface area contributed by atoms with Crippen LogP contribution >= 0.6 is 0 Å². The number of aryl methyl sites for hydroxylation is 1. The zero-order valence-electron chi connectivity index (χ0n) is 11.8. The van der Waals surface area contributed by atoms with Gasteiger partial charge in [0.25, 0.3) is 0 Å². The summed E-state index contributed by atoms with van der Waals surface area (Å²) in [7, 11) is 0. The standard InChI is InChI=1S/C19H19F/c1-2-3-14-4-6-15(7-5-14)16-8-9-18-13-19(20)11-10-17(18)12-16/h2-7,10-11,13,16H,8-9,12H2,1H3/b3-2+. The van der Waals surface area contributed by atoms with Crippen LogP contribution in [0.4, 0.5) is 4.39 Å². The van der Waals surface area contributed by atoms with Crippen molar-refractivity contribution in [2.45, 2.75) is 32.1 Å². The smallest absolute Gasteiger partial charge is 0.123 e. The molecule has 0 saturated carbocycles. The molecule has 1 unspecified atom stereocenters. The van der Waals surface area contributed by atoms with E-state index in [1.807, 2.05) is 13.0 Å². The predicted octanol–water partition coefficient (Wildman–Crippen LogP) is 5.13. The van der Waals surface area contributed by atoms with Gasteiger partial charge in [0.15, 0.2) is 0 Å². The predicted molar refractivity (Wildman–Crippen MR) is 82.3 cm³/mol. The van der Waals surface area contributed by atoms with E-state index >= 15 is 0 Å². The third kappa shape index (κ3) is 2.67. The Balaban J connectivity index is 1.81. The maximum absolute atomic E-state index is 13.2. The van der Waals surface area contributed by atoms with Crippen molar-refractivity contribution in [3.63, 3.8) is 0 Å². The average molecular weight is 266 g/mol. The highest BCUT2D eigenvalue weighted by atomic mass is 19.1. The first kappa shape index (κ1) is 13.1. The van der Waals surface area contributed by atoms with Gasteiger partial charge in [0.05, 0.1) is 0 Å². The molecule has 0 radical (unpaired) electrons. The van der Waals surface area contributed by atoms with Crippen LogP contribution in [0.15, 0.2) is 48.5 Å². The molecule has 1 heteroatoms. The van der Waals surface area contributed by atoms with E-state index in [0.717, 1.165) is 19.3 Å². The van der Waals surface area contributed by atoms with Gasteiger partial charge in [-0.2, -0.15) is 0 Å². The molecular weight excluding hydrogens is 247 g/mol. The van der Waals surface area contributed by atoms with Crippen LogP contribution in [-0.2, 0) is 12.8 Å². The lowest BCUT2D eigenvalue weighted by molar-refractivity contribution is 0.572. The lowest BCUT2D eigenvalue weighted by Crippen LogP contribution is -2.13. The molecule has 0 N–H and O–H groups in total. The van der Waals surface area contributed by atoms with Crippen LogP contribution < -0.4 is 0 Å². The highest BCUT2D eigenvalue weighted by molar-refractivity contribution is 5.49. The fourth-order valence-electron chi connectivity index (χ4n) is 3.08. The van der Waals surface area contributed by atoms with Gasteiger partial charge in [0, 0.05) is 0 Å². The second-order valence-electron chi connectivity index (χ2n) is 5.52. The number of hydrogen-bond donors (Lipinski definition) is 0. The highest BCUT2D eigenvalue weighted by Crippen LogP contribution is 2.33. The second-order valence-corrected chi connectivity index (χ2v) is 5.52. The van der Waals surface area contributed by atoms with E-state index in [0.29, 0.717) is 5.92 Å². The van der Waals surface area contributed by atoms with Crippen LogP contribution in [0.25, 0.3) is 6.08 Å². The van der Waals surface area contributed by atoms with Gasteiger partial charge in [0.2, 0.25) is 0 Å². The van der Waals surface area contributed by atoms with Crippen molar-refractivity contribution < 1.29 is 4.39 Å². The minimum Gasteiger partial charge on any atom is -0.207 e. The molecule has 2 aromatic carbocycles. The molecular formula is C19H19F. The maximum atomic E-state index is 13.2. The first-order chi connectivity index (χ1) is 9.76. The summed E-state index contributed by atoms with van der Waals surface area (Å²) in [5.74, 6) is 0.450. The van der Waals surface area contributed by atoms with E-state index in [1.54, 1.807) is 12.1 Å². The maximum Gasteiger partial charge on any atom is 0.123 e. The van der Waals surface area contributed by atoms with E-state index in [4.69, 9.17) is 0 Å². The Morgan fingerprint density at radius 2 is 1.85 bits per heavy atom. The Kier molecular flexibility index (Phi) is 3.68. The lowest BCUT2D eigenvalue weighted by Gasteiger charge is -2.25. The normalized spacial score (nSPS) is 18.2. The van der Waals surface area contributed by atoms with E-state index < -0.39 is 0 Å². The molecule has 0 heterocycles. The van der Waals surface area contributed by atoms with Crippen LogP contribution in [0.5, 0.6) is 0 Å².